The number of anilines is 1. The van der Waals surface area contributed by atoms with E-state index >= 15 is 0 Å². The Bertz CT molecular complexity index is 889. The third kappa shape index (κ3) is 2.49. The topological polar surface area (TPSA) is 106 Å². The normalized spacial score (nSPS) is 16.0. The van der Waals surface area contributed by atoms with Crippen LogP contribution < -0.4 is 5.73 Å². The van der Waals surface area contributed by atoms with Crippen LogP contribution in [0.5, 0.6) is 0 Å². The molecule has 3 N–H and O–H groups in total. The summed E-state index contributed by atoms with van der Waals surface area (Å²) in [5, 5.41) is 7.78. The van der Waals surface area contributed by atoms with Crippen molar-refractivity contribution in [1.29, 1.82) is 0 Å². The van der Waals surface area contributed by atoms with E-state index in [1.165, 1.54) is 0 Å². The van der Waals surface area contributed by atoms with Crippen molar-refractivity contribution in [2.75, 3.05) is 18.8 Å². The number of nitrogen functional groups attached to an aromatic ring is 1. The first-order valence-electron chi connectivity index (χ1n) is 8.01. The van der Waals surface area contributed by atoms with Gasteiger partial charge in [0.25, 0.3) is 5.91 Å². The van der Waals surface area contributed by atoms with Crippen LogP contribution in [0, 0.1) is 0 Å². The molecule has 124 valence electrons. The van der Waals surface area contributed by atoms with E-state index in [0.717, 1.165) is 29.7 Å². The highest BCUT2D eigenvalue weighted by Gasteiger charge is 2.27. The number of aryl methyl sites for hydroxylation is 1. The van der Waals surface area contributed by atoms with E-state index < -0.39 is 0 Å². The lowest BCUT2D eigenvalue weighted by Crippen LogP contribution is -2.38. The molecule has 1 amide bonds. The minimum absolute atomic E-state index is 0.0198. The van der Waals surface area contributed by atoms with Crippen molar-refractivity contribution in [1.82, 2.24) is 29.6 Å². The largest absolute Gasteiger partial charge is 0.367 e. The molecule has 0 unspecified atom stereocenters. The van der Waals surface area contributed by atoms with Crippen LogP contribution in [0.2, 0.25) is 0 Å². The predicted molar refractivity (Wildman–Crippen MR) is 89.4 cm³/mol. The maximum atomic E-state index is 12.7. The Hall–Kier alpha value is -2.90. The van der Waals surface area contributed by atoms with Crippen LogP contribution in [0.4, 0.5) is 5.95 Å². The number of aromatic amines is 1. The predicted octanol–water partition coefficient (Wildman–Crippen LogP) is 1.29. The lowest BCUT2D eigenvalue weighted by Gasteiger charge is -2.30. The molecular weight excluding hydrogens is 306 g/mol. The summed E-state index contributed by atoms with van der Waals surface area (Å²) in [7, 11) is 1.93. The van der Waals surface area contributed by atoms with Crippen molar-refractivity contribution in [3.05, 3.63) is 35.9 Å². The highest BCUT2D eigenvalue weighted by atomic mass is 16.2. The van der Waals surface area contributed by atoms with Gasteiger partial charge in [-0.15, -0.1) is 5.10 Å². The number of fused-ring (bicyclic) bond motifs is 1. The fourth-order valence-electron chi connectivity index (χ4n) is 3.24. The molecule has 0 aliphatic carbocycles. The third-order valence-electron chi connectivity index (χ3n) is 4.63. The first-order valence-corrected chi connectivity index (χ1v) is 8.01. The third-order valence-corrected chi connectivity index (χ3v) is 4.63. The Kier molecular flexibility index (Phi) is 3.44. The van der Waals surface area contributed by atoms with Crippen LogP contribution in [-0.2, 0) is 7.05 Å². The smallest absolute Gasteiger partial charge is 0.272 e. The second-order valence-corrected chi connectivity index (χ2v) is 6.18. The minimum Gasteiger partial charge on any atom is -0.367 e. The molecule has 1 fully saturated rings. The summed E-state index contributed by atoms with van der Waals surface area (Å²) < 4.78 is 1.92. The average molecular weight is 325 g/mol. The van der Waals surface area contributed by atoms with Crippen LogP contribution in [-0.4, -0.2) is 48.6 Å². The molecule has 4 rings (SSSR count). The minimum atomic E-state index is -0.0198. The van der Waals surface area contributed by atoms with Crippen molar-refractivity contribution in [2.45, 2.75) is 18.8 Å². The molecular formula is C16H19N7O. The average Bonchev–Trinajstić information content (AvgIpc) is 3.20. The number of nitrogens with two attached hydrogens (primary N) is 1. The Morgan fingerprint density at radius 2 is 2.04 bits per heavy atom. The monoisotopic (exact) mass is 325 g/mol. The molecule has 0 radical (unpaired) electrons. The van der Waals surface area contributed by atoms with Crippen LogP contribution >= 0.6 is 0 Å². The van der Waals surface area contributed by atoms with Crippen LogP contribution in [0.25, 0.3) is 11.0 Å². The molecule has 24 heavy (non-hydrogen) atoms. The molecule has 0 atom stereocenters. The number of H-pyrrole nitrogens is 1. The molecule has 3 aromatic rings. The molecule has 8 heteroatoms. The number of hydrogen-bond donors (Lipinski definition) is 2. The summed E-state index contributed by atoms with van der Waals surface area (Å²) in [6.45, 7) is 1.36. The zero-order valence-electron chi connectivity index (χ0n) is 13.4. The van der Waals surface area contributed by atoms with Gasteiger partial charge in [0.1, 0.15) is 17.2 Å². The van der Waals surface area contributed by atoms with Gasteiger partial charge in [-0.3, -0.25) is 9.89 Å². The van der Waals surface area contributed by atoms with E-state index in [4.69, 9.17) is 5.73 Å². The van der Waals surface area contributed by atoms with Crippen LogP contribution in [0.3, 0.4) is 0 Å². The van der Waals surface area contributed by atoms with Gasteiger partial charge in [-0.1, -0.05) is 0 Å². The molecule has 1 aliphatic heterocycles. The fraction of sp³-hybridized carbons (Fsp3) is 0.375. The van der Waals surface area contributed by atoms with Gasteiger partial charge >= 0.3 is 0 Å². The van der Waals surface area contributed by atoms with E-state index in [9.17, 15) is 4.79 Å². The molecule has 1 aliphatic rings. The van der Waals surface area contributed by atoms with Crippen molar-refractivity contribution < 1.29 is 4.79 Å². The maximum absolute atomic E-state index is 12.7. The SMILES string of the molecule is Cn1ccc2ccc(C(=O)N3CCC(c4nc(N)n[nH]4)CC3)nc21. The number of carbonyl (C=O) groups is 1. The molecule has 3 aromatic heterocycles. The van der Waals surface area contributed by atoms with E-state index in [1.54, 1.807) is 6.07 Å². The van der Waals surface area contributed by atoms with Crippen molar-refractivity contribution in [3.8, 4) is 0 Å². The summed E-state index contributed by atoms with van der Waals surface area (Å²) in [6.07, 6.45) is 3.63. The number of aromatic nitrogens is 5. The number of nitrogens with zero attached hydrogens (tertiary/aromatic N) is 5. The molecule has 1 saturated heterocycles. The zero-order valence-corrected chi connectivity index (χ0v) is 13.4. The summed E-state index contributed by atoms with van der Waals surface area (Å²) in [5.74, 6) is 1.32. The molecule has 0 spiro atoms. The number of piperidine rings is 1. The quantitative estimate of drug-likeness (QED) is 0.738. The van der Waals surface area contributed by atoms with Gasteiger partial charge in [-0.2, -0.15) is 4.98 Å². The Labute approximate surface area is 138 Å². The molecule has 0 aromatic carbocycles. The van der Waals surface area contributed by atoms with E-state index in [1.807, 2.05) is 34.8 Å². The van der Waals surface area contributed by atoms with E-state index in [0.29, 0.717) is 18.8 Å². The van der Waals surface area contributed by atoms with Gasteiger partial charge in [0.2, 0.25) is 5.95 Å². The van der Waals surface area contributed by atoms with Gasteiger partial charge in [0.15, 0.2) is 0 Å². The zero-order chi connectivity index (χ0) is 16.7. The molecule has 4 heterocycles. The number of carbonyl (C=O) groups excluding carboxylic acids is 1. The fourth-order valence-corrected chi connectivity index (χ4v) is 3.24. The second-order valence-electron chi connectivity index (χ2n) is 6.18. The van der Waals surface area contributed by atoms with Crippen molar-refractivity contribution in [2.24, 2.45) is 7.05 Å². The van der Waals surface area contributed by atoms with Crippen molar-refractivity contribution >= 4 is 22.9 Å². The van der Waals surface area contributed by atoms with Crippen LogP contribution in [0.15, 0.2) is 24.4 Å². The highest BCUT2D eigenvalue weighted by Crippen LogP contribution is 2.26. The lowest BCUT2D eigenvalue weighted by atomic mass is 9.96. The summed E-state index contributed by atoms with van der Waals surface area (Å²) in [6, 6.07) is 5.73. The highest BCUT2D eigenvalue weighted by molar-refractivity contribution is 5.94. The number of rotatable bonds is 2. The number of pyridine rings is 1. The molecule has 8 nitrogen and oxygen atoms in total. The van der Waals surface area contributed by atoms with Gasteiger partial charge in [0.05, 0.1) is 0 Å². The standard InChI is InChI=1S/C16H19N7O/c1-22-7-4-11-2-3-12(18-14(11)22)15(24)23-8-5-10(6-9-23)13-19-16(17)21-20-13/h2-4,7,10H,5-6,8-9H2,1H3,(H3,17,19,20,21). The first-order chi connectivity index (χ1) is 11.6. The Balaban J connectivity index is 1.48. The number of nitrogens with one attached hydrogen (secondary N) is 1. The Morgan fingerprint density at radius 3 is 2.75 bits per heavy atom. The first kappa shape index (κ1) is 14.7. The maximum Gasteiger partial charge on any atom is 0.272 e. The number of hydrogen-bond acceptors (Lipinski definition) is 5. The second kappa shape index (κ2) is 5.63. The van der Waals surface area contributed by atoms with Gasteiger partial charge in [-0.05, 0) is 31.0 Å². The van der Waals surface area contributed by atoms with Gasteiger partial charge < -0.3 is 15.2 Å². The van der Waals surface area contributed by atoms with E-state index in [-0.39, 0.29) is 17.8 Å². The summed E-state index contributed by atoms with van der Waals surface area (Å²) in [4.78, 5) is 23.3. The van der Waals surface area contributed by atoms with Crippen molar-refractivity contribution in [3.63, 3.8) is 0 Å². The number of likely N-dealkylation sites (tertiary alicyclic amines) is 1. The summed E-state index contributed by atoms with van der Waals surface area (Å²) in [5.41, 5.74) is 6.88. The molecule has 0 bridgehead atoms. The van der Waals surface area contributed by atoms with E-state index in [2.05, 4.69) is 20.2 Å². The Morgan fingerprint density at radius 1 is 1.25 bits per heavy atom. The van der Waals surface area contributed by atoms with Gasteiger partial charge in [-0.25, -0.2) is 4.98 Å². The molecule has 0 saturated carbocycles. The summed E-state index contributed by atoms with van der Waals surface area (Å²) >= 11 is 0. The van der Waals surface area contributed by atoms with Crippen LogP contribution in [0.1, 0.15) is 35.1 Å². The van der Waals surface area contributed by atoms with Gasteiger partial charge in [0, 0.05) is 37.6 Å². The lowest BCUT2D eigenvalue weighted by molar-refractivity contribution is 0.0705. The number of amides is 1.